The molecule has 1 rings (SSSR count). The largest absolute Gasteiger partial charge is 0.342 e. The highest BCUT2D eigenvalue weighted by molar-refractivity contribution is 9.09. The van der Waals surface area contributed by atoms with E-state index in [2.05, 4.69) is 29.8 Å². The predicted octanol–water partition coefficient (Wildman–Crippen LogP) is 2.67. The number of amides is 1. The molecule has 0 aromatic rings. The van der Waals surface area contributed by atoms with E-state index in [1.165, 1.54) is 0 Å². The van der Waals surface area contributed by atoms with Gasteiger partial charge in [0.15, 0.2) is 0 Å². The van der Waals surface area contributed by atoms with Gasteiger partial charge in [0, 0.05) is 24.8 Å². The van der Waals surface area contributed by atoms with Crippen molar-refractivity contribution in [3.05, 3.63) is 0 Å². The van der Waals surface area contributed by atoms with Crippen molar-refractivity contribution in [2.45, 2.75) is 33.1 Å². The van der Waals surface area contributed by atoms with E-state index in [9.17, 15) is 4.79 Å². The molecule has 14 heavy (non-hydrogen) atoms. The van der Waals surface area contributed by atoms with Crippen LogP contribution in [0.5, 0.6) is 0 Å². The first kappa shape index (κ1) is 12.0. The Morgan fingerprint density at radius 3 is 2.36 bits per heavy atom. The van der Waals surface area contributed by atoms with Gasteiger partial charge in [-0.3, -0.25) is 4.79 Å². The maximum absolute atomic E-state index is 11.7. The summed E-state index contributed by atoms with van der Waals surface area (Å²) in [5.41, 5.74) is 0. The minimum absolute atomic E-state index is 0.349. The first-order chi connectivity index (χ1) is 6.65. The first-order valence-corrected chi connectivity index (χ1v) is 6.61. The monoisotopic (exact) mass is 261 g/mol. The van der Waals surface area contributed by atoms with E-state index in [-0.39, 0.29) is 0 Å². The second-order valence-corrected chi connectivity index (χ2v) is 5.19. The van der Waals surface area contributed by atoms with Crippen molar-refractivity contribution in [1.82, 2.24) is 4.90 Å². The molecule has 0 aromatic carbocycles. The molecule has 1 heterocycles. The van der Waals surface area contributed by atoms with E-state index < -0.39 is 0 Å². The molecule has 0 spiro atoms. The number of alkyl halides is 1. The third-order valence-electron chi connectivity index (χ3n) is 3.12. The molecule has 0 N–H and O–H groups in total. The van der Waals surface area contributed by atoms with Gasteiger partial charge in [-0.25, -0.2) is 0 Å². The van der Waals surface area contributed by atoms with Gasteiger partial charge in [-0.15, -0.1) is 0 Å². The molecule has 2 unspecified atom stereocenters. The smallest absolute Gasteiger partial charge is 0.222 e. The fraction of sp³-hybridized carbons (Fsp3) is 0.909. The minimum atomic E-state index is 0.349. The highest BCUT2D eigenvalue weighted by Gasteiger charge is 2.28. The van der Waals surface area contributed by atoms with Crippen LogP contribution in [0.25, 0.3) is 0 Å². The lowest BCUT2D eigenvalue weighted by Gasteiger charge is -2.15. The van der Waals surface area contributed by atoms with Crippen molar-refractivity contribution in [2.75, 3.05) is 18.4 Å². The normalized spacial score (nSPS) is 26.9. The number of carbonyl (C=O) groups excluding carboxylic acids is 1. The van der Waals surface area contributed by atoms with Crippen LogP contribution in [0.15, 0.2) is 0 Å². The Balaban J connectivity index is 2.25. The Morgan fingerprint density at radius 2 is 1.86 bits per heavy atom. The number of unbranched alkanes of at least 4 members (excludes halogenated alkanes) is 1. The van der Waals surface area contributed by atoms with Crippen LogP contribution >= 0.6 is 15.9 Å². The second-order valence-electron chi connectivity index (χ2n) is 4.40. The molecule has 2 nitrogen and oxygen atoms in total. The summed E-state index contributed by atoms with van der Waals surface area (Å²) in [6, 6.07) is 0. The third kappa shape index (κ3) is 3.26. The Labute approximate surface area is 95.2 Å². The quantitative estimate of drug-likeness (QED) is 0.563. The van der Waals surface area contributed by atoms with Crippen LogP contribution < -0.4 is 0 Å². The number of rotatable bonds is 4. The summed E-state index contributed by atoms with van der Waals surface area (Å²) in [5, 5.41) is 1.01. The maximum atomic E-state index is 11.7. The lowest BCUT2D eigenvalue weighted by atomic mass is 10.0. The number of carbonyl (C=O) groups is 1. The Kier molecular flexibility index (Phi) is 4.93. The number of likely N-dealkylation sites (tertiary alicyclic amines) is 1. The average molecular weight is 262 g/mol. The van der Waals surface area contributed by atoms with Gasteiger partial charge >= 0.3 is 0 Å². The molecule has 1 amide bonds. The van der Waals surface area contributed by atoms with Crippen LogP contribution in [-0.2, 0) is 4.79 Å². The van der Waals surface area contributed by atoms with E-state index in [0.717, 1.165) is 37.7 Å². The predicted molar refractivity (Wildman–Crippen MR) is 62.6 cm³/mol. The van der Waals surface area contributed by atoms with Crippen LogP contribution in [-0.4, -0.2) is 29.2 Å². The van der Waals surface area contributed by atoms with Crippen molar-refractivity contribution in [3.63, 3.8) is 0 Å². The molecule has 82 valence electrons. The summed E-state index contributed by atoms with van der Waals surface area (Å²) in [7, 11) is 0. The van der Waals surface area contributed by atoms with Gasteiger partial charge in [-0.2, -0.15) is 0 Å². The van der Waals surface area contributed by atoms with E-state index in [1.54, 1.807) is 0 Å². The molecule has 2 atom stereocenters. The summed E-state index contributed by atoms with van der Waals surface area (Å²) >= 11 is 3.38. The van der Waals surface area contributed by atoms with Crippen LogP contribution in [0.4, 0.5) is 0 Å². The molecule has 0 aliphatic carbocycles. The molecule has 0 bridgehead atoms. The van der Waals surface area contributed by atoms with Crippen LogP contribution in [0.3, 0.4) is 0 Å². The minimum Gasteiger partial charge on any atom is -0.342 e. The van der Waals surface area contributed by atoms with Gasteiger partial charge in [0.1, 0.15) is 0 Å². The molecule has 3 heteroatoms. The Morgan fingerprint density at radius 1 is 1.29 bits per heavy atom. The van der Waals surface area contributed by atoms with Crippen LogP contribution in [0, 0.1) is 11.8 Å². The van der Waals surface area contributed by atoms with E-state index in [1.807, 2.05) is 4.90 Å². The van der Waals surface area contributed by atoms with Gasteiger partial charge in [0.2, 0.25) is 5.91 Å². The number of hydrogen-bond donors (Lipinski definition) is 0. The lowest BCUT2D eigenvalue weighted by Crippen LogP contribution is -2.28. The molecule has 1 aliphatic rings. The zero-order valence-electron chi connectivity index (χ0n) is 9.13. The SMILES string of the molecule is CC1CN(C(=O)CCCCBr)CC1C. The summed E-state index contributed by atoms with van der Waals surface area (Å²) in [6.45, 7) is 6.40. The zero-order chi connectivity index (χ0) is 10.6. The van der Waals surface area contributed by atoms with Gasteiger partial charge in [-0.1, -0.05) is 29.8 Å². The summed E-state index contributed by atoms with van der Waals surface area (Å²) in [6.07, 6.45) is 2.85. The summed E-state index contributed by atoms with van der Waals surface area (Å²) in [5.74, 6) is 1.70. The van der Waals surface area contributed by atoms with E-state index >= 15 is 0 Å². The van der Waals surface area contributed by atoms with Gasteiger partial charge < -0.3 is 4.90 Å². The van der Waals surface area contributed by atoms with Crippen LogP contribution in [0.2, 0.25) is 0 Å². The van der Waals surface area contributed by atoms with Crippen molar-refractivity contribution < 1.29 is 4.79 Å². The highest BCUT2D eigenvalue weighted by atomic mass is 79.9. The van der Waals surface area contributed by atoms with Gasteiger partial charge in [-0.05, 0) is 24.7 Å². The molecule has 0 saturated carbocycles. The van der Waals surface area contributed by atoms with E-state index in [0.29, 0.717) is 17.7 Å². The standard InChI is InChI=1S/C11H20BrNO/c1-9-7-13(8-10(9)2)11(14)5-3-4-6-12/h9-10H,3-8H2,1-2H3. The van der Waals surface area contributed by atoms with Crippen molar-refractivity contribution in [3.8, 4) is 0 Å². The molecule has 1 aliphatic heterocycles. The first-order valence-electron chi connectivity index (χ1n) is 5.49. The average Bonchev–Trinajstić information content (AvgIpc) is 2.47. The van der Waals surface area contributed by atoms with Gasteiger partial charge in [0.05, 0.1) is 0 Å². The number of halogens is 1. The fourth-order valence-corrected chi connectivity index (χ4v) is 2.26. The van der Waals surface area contributed by atoms with Crippen molar-refractivity contribution in [1.29, 1.82) is 0 Å². The van der Waals surface area contributed by atoms with Gasteiger partial charge in [0.25, 0.3) is 0 Å². The number of nitrogens with zero attached hydrogens (tertiary/aromatic N) is 1. The third-order valence-corrected chi connectivity index (χ3v) is 3.68. The molecule has 1 fully saturated rings. The molecule has 1 saturated heterocycles. The molecule has 0 aromatic heterocycles. The topological polar surface area (TPSA) is 20.3 Å². The zero-order valence-corrected chi connectivity index (χ0v) is 10.7. The van der Waals surface area contributed by atoms with Crippen molar-refractivity contribution in [2.24, 2.45) is 11.8 Å². The number of hydrogen-bond acceptors (Lipinski definition) is 1. The van der Waals surface area contributed by atoms with Crippen molar-refractivity contribution >= 4 is 21.8 Å². The molecular weight excluding hydrogens is 242 g/mol. The summed E-state index contributed by atoms with van der Waals surface area (Å²) < 4.78 is 0. The lowest BCUT2D eigenvalue weighted by molar-refractivity contribution is -0.130. The maximum Gasteiger partial charge on any atom is 0.222 e. The molecule has 0 radical (unpaired) electrons. The fourth-order valence-electron chi connectivity index (χ4n) is 1.86. The summed E-state index contributed by atoms with van der Waals surface area (Å²) in [4.78, 5) is 13.8. The van der Waals surface area contributed by atoms with E-state index in [4.69, 9.17) is 0 Å². The Bertz CT molecular complexity index is 186. The molecular formula is C11H20BrNO. The Hall–Kier alpha value is -0.0500. The van der Waals surface area contributed by atoms with Crippen LogP contribution in [0.1, 0.15) is 33.1 Å². The highest BCUT2D eigenvalue weighted by Crippen LogP contribution is 2.22. The second kappa shape index (κ2) is 5.74.